The van der Waals surface area contributed by atoms with Crippen LogP contribution in [0.15, 0.2) is 18.2 Å². The predicted molar refractivity (Wildman–Crippen MR) is 72.8 cm³/mol. The Bertz CT molecular complexity index is 476. The molecule has 0 aromatic heterocycles. The third kappa shape index (κ3) is 3.66. The minimum absolute atomic E-state index is 0.141. The number of rotatable bonds is 4. The first-order valence-corrected chi connectivity index (χ1v) is 6.39. The molecule has 1 rings (SSSR count). The van der Waals surface area contributed by atoms with Gasteiger partial charge in [-0.15, -0.1) is 0 Å². The Morgan fingerprint density at radius 2 is 2.00 bits per heavy atom. The molecule has 18 heavy (non-hydrogen) atoms. The van der Waals surface area contributed by atoms with Crippen molar-refractivity contribution in [3.63, 3.8) is 0 Å². The Kier molecular flexibility index (Phi) is 5.06. The lowest BCUT2D eigenvalue weighted by Gasteiger charge is -2.18. The second-order valence-corrected chi connectivity index (χ2v) is 5.32. The summed E-state index contributed by atoms with van der Waals surface area (Å²) in [6, 6.07) is 2.82. The summed E-state index contributed by atoms with van der Waals surface area (Å²) >= 11 is 1.90. The third-order valence-corrected chi connectivity index (χ3v) is 3.33. The Morgan fingerprint density at radius 3 is 2.50 bits per heavy atom. The summed E-state index contributed by atoms with van der Waals surface area (Å²) in [4.78, 5) is 22.9. The van der Waals surface area contributed by atoms with E-state index >= 15 is 0 Å². The van der Waals surface area contributed by atoms with Gasteiger partial charge in [0.25, 0.3) is 5.91 Å². The van der Waals surface area contributed by atoms with Crippen LogP contribution in [0.5, 0.6) is 0 Å². The molecular weight excluding hydrogens is 352 g/mol. The molecule has 98 valence electrons. The van der Waals surface area contributed by atoms with Crippen molar-refractivity contribution in [2.24, 2.45) is 5.92 Å². The van der Waals surface area contributed by atoms with Crippen LogP contribution in [0.4, 0.5) is 4.39 Å². The van der Waals surface area contributed by atoms with E-state index in [1.54, 1.807) is 13.8 Å². The molecule has 0 fully saturated rings. The van der Waals surface area contributed by atoms with Crippen molar-refractivity contribution in [1.82, 2.24) is 5.32 Å². The highest BCUT2D eigenvalue weighted by atomic mass is 127. The molecule has 1 aromatic rings. The molecule has 1 amide bonds. The van der Waals surface area contributed by atoms with Gasteiger partial charge in [0.05, 0.1) is 5.56 Å². The molecule has 0 spiro atoms. The fourth-order valence-corrected chi connectivity index (χ4v) is 1.98. The molecule has 0 saturated heterocycles. The van der Waals surface area contributed by atoms with Gasteiger partial charge in [0.15, 0.2) is 0 Å². The van der Waals surface area contributed by atoms with Crippen LogP contribution >= 0.6 is 22.6 Å². The Morgan fingerprint density at radius 1 is 1.39 bits per heavy atom. The van der Waals surface area contributed by atoms with E-state index in [2.05, 4.69) is 5.32 Å². The number of hydrogen-bond donors (Lipinski definition) is 2. The summed E-state index contributed by atoms with van der Waals surface area (Å²) in [5, 5.41) is 11.4. The first-order chi connectivity index (χ1) is 8.32. The Balaban J connectivity index is 2.94. The lowest BCUT2D eigenvalue weighted by atomic mass is 10.0. The summed E-state index contributed by atoms with van der Waals surface area (Å²) in [7, 11) is 0. The second-order valence-electron chi connectivity index (χ2n) is 4.16. The molecule has 0 bridgehead atoms. The summed E-state index contributed by atoms with van der Waals surface area (Å²) in [6.07, 6.45) is 0. The SMILES string of the molecule is CC(C)[C@H](NC(=O)c1cc(F)ccc1I)C(=O)O. The van der Waals surface area contributed by atoms with Crippen molar-refractivity contribution in [2.45, 2.75) is 19.9 Å². The molecule has 0 aliphatic carbocycles. The van der Waals surface area contributed by atoms with Crippen LogP contribution in [0.3, 0.4) is 0 Å². The van der Waals surface area contributed by atoms with Gasteiger partial charge >= 0.3 is 5.97 Å². The van der Waals surface area contributed by atoms with Gasteiger partial charge in [-0.25, -0.2) is 9.18 Å². The van der Waals surface area contributed by atoms with Gasteiger partial charge in [0, 0.05) is 3.57 Å². The van der Waals surface area contributed by atoms with Crippen LogP contribution in [0.25, 0.3) is 0 Å². The van der Waals surface area contributed by atoms with Gasteiger partial charge in [-0.1, -0.05) is 13.8 Å². The monoisotopic (exact) mass is 365 g/mol. The van der Waals surface area contributed by atoms with Crippen LogP contribution in [-0.2, 0) is 4.79 Å². The normalized spacial score (nSPS) is 12.3. The highest BCUT2D eigenvalue weighted by molar-refractivity contribution is 14.1. The molecule has 6 heteroatoms. The standard InChI is InChI=1S/C12H13FINO3/c1-6(2)10(12(17)18)15-11(16)8-5-7(13)3-4-9(8)14/h3-6,10H,1-2H3,(H,15,16)(H,17,18)/t10-/m0/s1. The van der Waals surface area contributed by atoms with Crippen LogP contribution in [0.1, 0.15) is 24.2 Å². The largest absolute Gasteiger partial charge is 0.480 e. The fraction of sp³-hybridized carbons (Fsp3) is 0.333. The lowest BCUT2D eigenvalue weighted by Crippen LogP contribution is -2.44. The number of benzene rings is 1. The molecule has 2 N–H and O–H groups in total. The number of carbonyl (C=O) groups excluding carboxylic acids is 1. The maximum absolute atomic E-state index is 13.1. The number of carbonyl (C=O) groups is 2. The number of aliphatic carboxylic acids is 1. The maximum Gasteiger partial charge on any atom is 0.326 e. The van der Waals surface area contributed by atoms with Crippen molar-refractivity contribution in [2.75, 3.05) is 0 Å². The van der Waals surface area contributed by atoms with Gasteiger partial charge in [-0.05, 0) is 46.7 Å². The molecule has 0 saturated carbocycles. The van der Waals surface area contributed by atoms with Crippen molar-refractivity contribution >= 4 is 34.5 Å². The summed E-state index contributed by atoms with van der Waals surface area (Å²) in [6.45, 7) is 3.38. The number of carboxylic acid groups (broad SMARTS) is 1. The second kappa shape index (κ2) is 6.12. The molecule has 1 aromatic carbocycles. The first kappa shape index (κ1) is 14.9. The van der Waals surface area contributed by atoms with Crippen LogP contribution in [0, 0.1) is 15.3 Å². The number of hydrogen-bond acceptors (Lipinski definition) is 2. The van der Waals surface area contributed by atoms with E-state index in [1.807, 2.05) is 22.6 Å². The van der Waals surface area contributed by atoms with Crippen molar-refractivity contribution in [3.05, 3.63) is 33.1 Å². The smallest absolute Gasteiger partial charge is 0.326 e. The summed E-state index contributed by atoms with van der Waals surface area (Å²) in [5.74, 6) is -2.47. The van der Waals surface area contributed by atoms with E-state index in [4.69, 9.17) is 5.11 Å². The molecule has 0 heterocycles. The number of carboxylic acids is 1. The van der Waals surface area contributed by atoms with Gasteiger partial charge in [-0.3, -0.25) is 4.79 Å². The topological polar surface area (TPSA) is 66.4 Å². The van der Waals surface area contributed by atoms with Crippen molar-refractivity contribution < 1.29 is 19.1 Å². The van der Waals surface area contributed by atoms with Gasteiger partial charge in [0.2, 0.25) is 0 Å². The van der Waals surface area contributed by atoms with Crippen molar-refractivity contribution in [1.29, 1.82) is 0 Å². The van der Waals surface area contributed by atoms with Gasteiger partial charge in [-0.2, -0.15) is 0 Å². The highest BCUT2D eigenvalue weighted by Crippen LogP contribution is 2.14. The molecule has 0 unspecified atom stereocenters. The van der Waals surface area contributed by atoms with Gasteiger partial charge in [0.1, 0.15) is 11.9 Å². The molecule has 4 nitrogen and oxygen atoms in total. The van der Waals surface area contributed by atoms with E-state index < -0.39 is 23.7 Å². The average molecular weight is 365 g/mol. The maximum atomic E-state index is 13.1. The van der Waals surface area contributed by atoms with Crippen LogP contribution < -0.4 is 5.32 Å². The quantitative estimate of drug-likeness (QED) is 0.805. The Hall–Kier alpha value is -1.18. The number of nitrogens with one attached hydrogen (secondary N) is 1. The van der Waals surface area contributed by atoms with Crippen LogP contribution in [0.2, 0.25) is 0 Å². The van der Waals surface area contributed by atoms with E-state index in [-0.39, 0.29) is 11.5 Å². The van der Waals surface area contributed by atoms with E-state index in [1.165, 1.54) is 12.1 Å². The summed E-state index contributed by atoms with van der Waals surface area (Å²) in [5.41, 5.74) is 0.141. The molecule has 1 atom stereocenters. The number of amides is 1. The molecule has 0 aliphatic rings. The summed E-state index contributed by atoms with van der Waals surface area (Å²) < 4.78 is 13.6. The van der Waals surface area contributed by atoms with E-state index in [0.717, 1.165) is 6.07 Å². The van der Waals surface area contributed by atoms with E-state index in [9.17, 15) is 14.0 Å². The Labute approximate surface area is 118 Å². The zero-order valence-corrected chi connectivity index (χ0v) is 12.1. The predicted octanol–water partition coefficient (Wildman–Crippen LogP) is 2.27. The average Bonchev–Trinajstić information content (AvgIpc) is 2.28. The fourth-order valence-electron chi connectivity index (χ4n) is 1.40. The van der Waals surface area contributed by atoms with E-state index in [0.29, 0.717) is 3.57 Å². The van der Waals surface area contributed by atoms with Gasteiger partial charge < -0.3 is 10.4 Å². The van der Waals surface area contributed by atoms with Crippen LogP contribution in [-0.4, -0.2) is 23.0 Å². The lowest BCUT2D eigenvalue weighted by molar-refractivity contribution is -0.140. The minimum atomic E-state index is -1.11. The first-order valence-electron chi connectivity index (χ1n) is 5.31. The highest BCUT2D eigenvalue weighted by Gasteiger charge is 2.24. The zero-order valence-electron chi connectivity index (χ0n) is 9.91. The minimum Gasteiger partial charge on any atom is -0.480 e. The third-order valence-electron chi connectivity index (χ3n) is 2.39. The molecule has 0 radical (unpaired) electrons. The van der Waals surface area contributed by atoms with Crippen molar-refractivity contribution in [3.8, 4) is 0 Å². The molecule has 0 aliphatic heterocycles. The zero-order chi connectivity index (χ0) is 13.9. The number of halogens is 2. The molecular formula is C12H13FINO3.